The molecule has 116 valence electrons. The second-order valence-corrected chi connectivity index (χ2v) is 5.41. The zero-order valence-electron chi connectivity index (χ0n) is 12.7. The highest BCUT2D eigenvalue weighted by molar-refractivity contribution is 5.91. The molecule has 1 atom stereocenters. The second-order valence-electron chi connectivity index (χ2n) is 5.41. The SMILES string of the molecule is CCc1ccc(-n2cc(C(=O)NCC3CCCO3)nn2)cc1. The average molecular weight is 300 g/mol. The second kappa shape index (κ2) is 6.70. The topological polar surface area (TPSA) is 69.0 Å². The lowest BCUT2D eigenvalue weighted by atomic mass is 10.1. The van der Waals surface area contributed by atoms with E-state index in [9.17, 15) is 4.79 Å². The highest BCUT2D eigenvalue weighted by Crippen LogP contribution is 2.11. The molecule has 1 saturated heterocycles. The standard InChI is InChI=1S/C16H20N4O2/c1-2-12-5-7-13(8-6-12)20-11-15(18-19-20)16(21)17-10-14-4-3-9-22-14/h5-8,11,14H,2-4,9-10H2,1H3,(H,17,21). The Kier molecular flexibility index (Phi) is 4.48. The lowest BCUT2D eigenvalue weighted by Gasteiger charge is -2.09. The van der Waals surface area contributed by atoms with E-state index >= 15 is 0 Å². The van der Waals surface area contributed by atoms with E-state index in [4.69, 9.17) is 4.74 Å². The molecule has 0 spiro atoms. The van der Waals surface area contributed by atoms with E-state index in [1.165, 1.54) is 5.56 Å². The highest BCUT2D eigenvalue weighted by Gasteiger charge is 2.18. The zero-order chi connectivity index (χ0) is 15.4. The van der Waals surface area contributed by atoms with E-state index in [1.54, 1.807) is 10.9 Å². The summed E-state index contributed by atoms with van der Waals surface area (Å²) in [6.07, 6.45) is 4.82. The molecule has 0 bridgehead atoms. The lowest BCUT2D eigenvalue weighted by Crippen LogP contribution is -2.31. The number of amides is 1. The summed E-state index contributed by atoms with van der Waals surface area (Å²) in [6.45, 7) is 3.42. The average Bonchev–Trinajstić information content (AvgIpc) is 3.24. The molecule has 0 aliphatic carbocycles. The van der Waals surface area contributed by atoms with Crippen molar-refractivity contribution in [3.8, 4) is 5.69 Å². The fourth-order valence-electron chi connectivity index (χ4n) is 2.48. The third kappa shape index (κ3) is 3.33. The molecule has 22 heavy (non-hydrogen) atoms. The van der Waals surface area contributed by atoms with Crippen LogP contribution >= 0.6 is 0 Å². The van der Waals surface area contributed by atoms with Gasteiger partial charge in [-0.25, -0.2) is 4.68 Å². The van der Waals surface area contributed by atoms with Gasteiger partial charge in [-0.3, -0.25) is 4.79 Å². The summed E-state index contributed by atoms with van der Waals surface area (Å²) in [6, 6.07) is 8.05. The van der Waals surface area contributed by atoms with Crippen LogP contribution in [0.25, 0.3) is 5.69 Å². The van der Waals surface area contributed by atoms with Gasteiger partial charge in [-0.1, -0.05) is 24.3 Å². The number of nitrogens with zero attached hydrogens (tertiary/aromatic N) is 3. The molecule has 1 aliphatic heterocycles. The van der Waals surface area contributed by atoms with Crippen molar-refractivity contribution in [2.45, 2.75) is 32.3 Å². The molecule has 1 unspecified atom stereocenters. The number of aryl methyl sites for hydroxylation is 1. The van der Waals surface area contributed by atoms with Crippen LogP contribution in [-0.2, 0) is 11.2 Å². The van der Waals surface area contributed by atoms with Crippen LogP contribution in [0.4, 0.5) is 0 Å². The summed E-state index contributed by atoms with van der Waals surface area (Å²) in [4.78, 5) is 12.1. The van der Waals surface area contributed by atoms with Gasteiger partial charge in [0.1, 0.15) is 0 Å². The number of hydrogen-bond donors (Lipinski definition) is 1. The first kappa shape index (κ1) is 14.7. The van der Waals surface area contributed by atoms with Crippen molar-refractivity contribution < 1.29 is 9.53 Å². The maximum Gasteiger partial charge on any atom is 0.273 e. The number of nitrogens with one attached hydrogen (secondary N) is 1. The first-order valence-electron chi connectivity index (χ1n) is 7.67. The summed E-state index contributed by atoms with van der Waals surface area (Å²) in [5.74, 6) is -0.216. The molecule has 2 aromatic rings. The van der Waals surface area contributed by atoms with Crippen LogP contribution in [0.2, 0.25) is 0 Å². The van der Waals surface area contributed by atoms with Crippen LogP contribution in [0.15, 0.2) is 30.5 Å². The van der Waals surface area contributed by atoms with Crippen molar-refractivity contribution in [2.24, 2.45) is 0 Å². The Morgan fingerprint density at radius 1 is 1.41 bits per heavy atom. The van der Waals surface area contributed by atoms with Crippen LogP contribution in [0.5, 0.6) is 0 Å². The van der Waals surface area contributed by atoms with E-state index in [2.05, 4.69) is 22.6 Å². The Hall–Kier alpha value is -2.21. The molecule has 1 N–H and O–H groups in total. The molecular formula is C16H20N4O2. The minimum Gasteiger partial charge on any atom is -0.376 e. The minimum atomic E-state index is -0.216. The number of hydrogen-bond acceptors (Lipinski definition) is 4. The number of carbonyl (C=O) groups is 1. The minimum absolute atomic E-state index is 0.126. The Morgan fingerprint density at radius 2 is 2.23 bits per heavy atom. The number of aromatic nitrogens is 3. The molecule has 1 aromatic heterocycles. The predicted molar refractivity (Wildman–Crippen MR) is 82.0 cm³/mol. The van der Waals surface area contributed by atoms with Crippen molar-refractivity contribution in [2.75, 3.05) is 13.2 Å². The summed E-state index contributed by atoms with van der Waals surface area (Å²) < 4.78 is 7.09. The van der Waals surface area contributed by atoms with Gasteiger partial charge in [0.15, 0.2) is 5.69 Å². The highest BCUT2D eigenvalue weighted by atomic mass is 16.5. The van der Waals surface area contributed by atoms with Gasteiger partial charge < -0.3 is 10.1 Å². The Balaban J connectivity index is 1.63. The Labute approximate surface area is 129 Å². The number of ether oxygens (including phenoxy) is 1. The maximum absolute atomic E-state index is 12.1. The molecule has 6 nitrogen and oxygen atoms in total. The zero-order valence-corrected chi connectivity index (χ0v) is 12.7. The van der Waals surface area contributed by atoms with Gasteiger partial charge in [0.2, 0.25) is 0 Å². The molecule has 1 amide bonds. The lowest BCUT2D eigenvalue weighted by molar-refractivity contribution is 0.0853. The maximum atomic E-state index is 12.1. The number of benzene rings is 1. The summed E-state index contributed by atoms with van der Waals surface area (Å²) in [7, 11) is 0. The Bertz CT molecular complexity index is 630. The van der Waals surface area contributed by atoms with Crippen molar-refractivity contribution >= 4 is 5.91 Å². The molecule has 1 aromatic carbocycles. The van der Waals surface area contributed by atoms with Crippen LogP contribution in [0.3, 0.4) is 0 Å². The predicted octanol–water partition coefficient (Wildman–Crippen LogP) is 1.74. The van der Waals surface area contributed by atoms with Gasteiger partial charge in [0, 0.05) is 13.2 Å². The summed E-state index contributed by atoms with van der Waals surface area (Å²) in [5, 5.41) is 10.8. The number of carbonyl (C=O) groups excluding carboxylic acids is 1. The molecule has 3 rings (SSSR count). The van der Waals surface area contributed by atoms with Gasteiger partial charge in [0.25, 0.3) is 5.91 Å². The largest absolute Gasteiger partial charge is 0.376 e. The van der Waals surface area contributed by atoms with Gasteiger partial charge >= 0.3 is 0 Å². The molecule has 1 aliphatic rings. The normalized spacial score (nSPS) is 17.6. The van der Waals surface area contributed by atoms with Gasteiger partial charge in [-0.05, 0) is 37.0 Å². The van der Waals surface area contributed by atoms with Crippen LogP contribution in [0, 0.1) is 0 Å². The van der Waals surface area contributed by atoms with Crippen molar-refractivity contribution in [3.05, 3.63) is 41.7 Å². The van der Waals surface area contributed by atoms with Crippen molar-refractivity contribution in [1.82, 2.24) is 20.3 Å². The van der Waals surface area contributed by atoms with E-state index in [0.29, 0.717) is 12.2 Å². The molecule has 1 fully saturated rings. The molecule has 6 heteroatoms. The quantitative estimate of drug-likeness (QED) is 0.913. The first-order chi connectivity index (χ1) is 10.8. The molecule has 2 heterocycles. The van der Waals surface area contributed by atoms with E-state index in [0.717, 1.165) is 31.6 Å². The van der Waals surface area contributed by atoms with Gasteiger partial charge in [-0.15, -0.1) is 5.10 Å². The van der Waals surface area contributed by atoms with E-state index in [-0.39, 0.29) is 12.0 Å². The fourth-order valence-corrected chi connectivity index (χ4v) is 2.48. The smallest absolute Gasteiger partial charge is 0.273 e. The summed E-state index contributed by atoms with van der Waals surface area (Å²) >= 11 is 0. The monoisotopic (exact) mass is 300 g/mol. The first-order valence-corrected chi connectivity index (χ1v) is 7.67. The van der Waals surface area contributed by atoms with Crippen molar-refractivity contribution in [3.63, 3.8) is 0 Å². The fraction of sp³-hybridized carbons (Fsp3) is 0.438. The van der Waals surface area contributed by atoms with E-state index in [1.807, 2.05) is 24.3 Å². The van der Waals surface area contributed by atoms with Crippen LogP contribution in [-0.4, -0.2) is 40.2 Å². The Morgan fingerprint density at radius 3 is 2.91 bits per heavy atom. The summed E-state index contributed by atoms with van der Waals surface area (Å²) in [5.41, 5.74) is 2.47. The van der Waals surface area contributed by atoms with E-state index < -0.39 is 0 Å². The van der Waals surface area contributed by atoms with Crippen LogP contribution in [0.1, 0.15) is 35.8 Å². The third-order valence-electron chi connectivity index (χ3n) is 3.85. The van der Waals surface area contributed by atoms with Crippen molar-refractivity contribution in [1.29, 1.82) is 0 Å². The van der Waals surface area contributed by atoms with Crippen LogP contribution < -0.4 is 5.32 Å². The molecule has 0 radical (unpaired) electrons. The third-order valence-corrected chi connectivity index (χ3v) is 3.85. The molecular weight excluding hydrogens is 280 g/mol. The van der Waals surface area contributed by atoms with Gasteiger partial charge in [-0.2, -0.15) is 0 Å². The molecule has 0 saturated carbocycles. The van der Waals surface area contributed by atoms with Gasteiger partial charge in [0.05, 0.1) is 18.0 Å². The number of rotatable bonds is 5.